The predicted octanol–water partition coefficient (Wildman–Crippen LogP) is 1.04. The molecular formula is C13H18N2O2. The van der Waals surface area contributed by atoms with Gasteiger partial charge in [0.25, 0.3) is 5.91 Å². The van der Waals surface area contributed by atoms with Crippen molar-refractivity contribution in [2.45, 2.75) is 19.9 Å². The SMILES string of the molecule is Cc1cc(C(=O)NC2CNCC2C)ccc1O. The molecule has 4 heteroatoms. The number of hydrogen-bond acceptors (Lipinski definition) is 3. The molecule has 0 bridgehead atoms. The van der Waals surface area contributed by atoms with E-state index in [9.17, 15) is 9.90 Å². The van der Waals surface area contributed by atoms with Crippen LogP contribution in [0.25, 0.3) is 0 Å². The molecular weight excluding hydrogens is 216 g/mol. The number of hydrogen-bond donors (Lipinski definition) is 3. The molecule has 0 spiro atoms. The lowest BCUT2D eigenvalue weighted by atomic mass is 10.1. The van der Waals surface area contributed by atoms with Crippen LogP contribution in [0, 0.1) is 12.8 Å². The zero-order chi connectivity index (χ0) is 12.4. The van der Waals surface area contributed by atoms with Crippen LogP contribution in [-0.4, -0.2) is 30.1 Å². The van der Waals surface area contributed by atoms with Gasteiger partial charge in [-0.15, -0.1) is 0 Å². The summed E-state index contributed by atoms with van der Waals surface area (Å²) in [6.45, 7) is 5.67. The number of phenols is 1. The molecule has 1 aliphatic rings. The Morgan fingerprint density at radius 1 is 1.47 bits per heavy atom. The number of aryl methyl sites for hydroxylation is 1. The minimum absolute atomic E-state index is 0.0753. The Morgan fingerprint density at radius 2 is 2.24 bits per heavy atom. The molecule has 2 atom stereocenters. The third-order valence-electron chi connectivity index (χ3n) is 3.29. The number of phenolic OH excluding ortho intramolecular Hbond substituents is 1. The highest BCUT2D eigenvalue weighted by molar-refractivity contribution is 5.94. The maximum atomic E-state index is 12.0. The number of carbonyl (C=O) groups is 1. The van der Waals surface area contributed by atoms with Gasteiger partial charge in [-0.2, -0.15) is 0 Å². The lowest BCUT2D eigenvalue weighted by Gasteiger charge is -2.16. The molecule has 17 heavy (non-hydrogen) atoms. The van der Waals surface area contributed by atoms with Gasteiger partial charge in [0.05, 0.1) is 0 Å². The van der Waals surface area contributed by atoms with Crippen molar-refractivity contribution in [3.8, 4) is 5.75 Å². The van der Waals surface area contributed by atoms with Gasteiger partial charge in [-0.1, -0.05) is 6.92 Å². The van der Waals surface area contributed by atoms with E-state index in [2.05, 4.69) is 17.6 Å². The van der Waals surface area contributed by atoms with Crippen molar-refractivity contribution in [3.05, 3.63) is 29.3 Å². The van der Waals surface area contributed by atoms with E-state index in [1.54, 1.807) is 25.1 Å². The summed E-state index contributed by atoms with van der Waals surface area (Å²) in [5, 5.41) is 15.7. The molecule has 1 fully saturated rings. The second-order valence-corrected chi connectivity index (χ2v) is 4.72. The number of benzene rings is 1. The molecule has 1 amide bonds. The van der Waals surface area contributed by atoms with Crippen LogP contribution in [0.15, 0.2) is 18.2 Å². The van der Waals surface area contributed by atoms with E-state index in [4.69, 9.17) is 0 Å². The lowest BCUT2D eigenvalue weighted by molar-refractivity contribution is 0.0933. The van der Waals surface area contributed by atoms with Gasteiger partial charge in [0, 0.05) is 18.2 Å². The smallest absolute Gasteiger partial charge is 0.251 e. The van der Waals surface area contributed by atoms with Crippen molar-refractivity contribution < 1.29 is 9.90 Å². The quantitative estimate of drug-likeness (QED) is 0.716. The number of aromatic hydroxyl groups is 1. The van der Waals surface area contributed by atoms with E-state index in [-0.39, 0.29) is 17.7 Å². The maximum Gasteiger partial charge on any atom is 0.251 e. The molecule has 0 aliphatic carbocycles. The molecule has 2 unspecified atom stereocenters. The fourth-order valence-electron chi connectivity index (χ4n) is 2.05. The zero-order valence-corrected chi connectivity index (χ0v) is 10.2. The second-order valence-electron chi connectivity index (χ2n) is 4.72. The Hall–Kier alpha value is -1.55. The Labute approximate surface area is 101 Å². The summed E-state index contributed by atoms with van der Waals surface area (Å²) in [5.41, 5.74) is 1.31. The first-order valence-corrected chi connectivity index (χ1v) is 5.89. The van der Waals surface area contributed by atoms with Crippen LogP contribution in [-0.2, 0) is 0 Å². The summed E-state index contributed by atoms with van der Waals surface area (Å²) in [5.74, 6) is 0.600. The molecule has 1 aromatic rings. The predicted molar refractivity (Wildman–Crippen MR) is 66.1 cm³/mol. The average Bonchev–Trinajstić information content (AvgIpc) is 2.68. The molecule has 4 nitrogen and oxygen atoms in total. The van der Waals surface area contributed by atoms with E-state index < -0.39 is 0 Å². The van der Waals surface area contributed by atoms with Crippen molar-refractivity contribution in [1.82, 2.24) is 10.6 Å². The van der Waals surface area contributed by atoms with Gasteiger partial charge in [-0.3, -0.25) is 4.79 Å². The summed E-state index contributed by atoms with van der Waals surface area (Å²) in [4.78, 5) is 12.0. The summed E-state index contributed by atoms with van der Waals surface area (Å²) >= 11 is 0. The molecule has 1 saturated heterocycles. The van der Waals surface area contributed by atoms with Crippen LogP contribution in [0.1, 0.15) is 22.8 Å². The minimum Gasteiger partial charge on any atom is -0.508 e. The normalized spacial score (nSPS) is 23.6. The van der Waals surface area contributed by atoms with Crippen LogP contribution in [0.2, 0.25) is 0 Å². The van der Waals surface area contributed by atoms with Gasteiger partial charge in [0.15, 0.2) is 0 Å². The van der Waals surface area contributed by atoms with Crippen molar-refractivity contribution in [3.63, 3.8) is 0 Å². The minimum atomic E-state index is -0.0753. The molecule has 0 saturated carbocycles. The van der Waals surface area contributed by atoms with Gasteiger partial charge in [-0.05, 0) is 43.1 Å². The third kappa shape index (κ3) is 2.58. The van der Waals surface area contributed by atoms with Gasteiger partial charge in [0.1, 0.15) is 5.75 Å². The summed E-state index contributed by atoms with van der Waals surface area (Å²) in [7, 11) is 0. The molecule has 3 N–H and O–H groups in total. The van der Waals surface area contributed by atoms with Gasteiger partial charge in [-0.25, -0.2) is 0 Å². The van der Waals surface area contributed by atoms with E-state index in [1.165, 1.54) is 0 Å². The van der Waals surface area contributed by atoms with Crippen LogP contribution < -0.4 is 10.6 Å². The Balaban J connectivity index is 2.06. The second kappa shape index (κ2) is 4.75. The van der Waals surface area contributed by atoms with Gasteiger partial charge >= 0.3 is 0 Å². The van der Waals surface area contributed by atoms with Crippen molar-refractivity contribution >= 4 is 5.91 Å². The van der Waals surface area contributed by atoms with Crippen molar-refractivity contribution in [2.75, 3.05) is 13.1 Å². The summed E-state index contributed by atoms with van der Waals surface area (Å²) in [6.07, 6.45) is 0. The Bertz CT molecular complexity index is 431. The van der Waals surface area contributed by atoms with Crippen molar-refractivity contribution in [2.24, 2.45) is 5.92 Å². The summed E-state index contributed by atoms with van der Waals surface area (Å²) in [6, 6.07) is 5.10. The molecule has 2 rings (SSSR count). The Morgan fingerprint density at radius 3 is 2.82 bits per heavy atom. The molecule has 0 radical (unpaired) electrons. The van der Waals surface area contributed by atoms with Crippen molar-refractivity contribution in [1.29, 1.82) is 0 Å². The monoisotopic (exact) mass is 234 g/mol. The molecule has 1 heterocycles. The topological polar surface area (TPSA) is 61.4 Å². The maximum absolute atomic E-state index is 12.0. The fraction of sp³-hybridized carbons (Fsp3) is 0.462. The van der Waals surface area contributed by atoms with E-state index >= 15 is 0 Å². The van der Waals surface area contributed by atoms with Crippen LogP contribution in [0.5, 0.6) is 5.75 Å². The van der Waals surface area contributed by atoms with Crippen LogP contribution >= 0.6 is 0 Å². The van der Waals surface area contributed by atoms with E-state index in [0.717, 1.165) is 18.7 Å². The fourth-order valence-corrected chi connectivity index (χ4v) is 2.05. The van der Waals surface area contributed by atoms with Gasteiger partial charge in [0.2, 0.25) is 0 Å². The van der Waals surface area contributed by atoms with Crippen LogP contribution in [0.4, 0.5) is 0 Å². The average molecular weight is 234 g/mol. The highest BCUT2D eigenvalue weighted by Gasteiger charge is 2.24. The number of nitrogens with one attached hydrogen (secondary N) is 2. The molecule has 1 aliphatic heterocycles. The zero-order valence-electron chi connectivity index (χ0n) is 10.2. The van der Waals surface area contributed by atoms with Crippen LogP contribution in [0.3, 0.4) is 0 Å². The molecule has 0 aromatic heterocycles. The highest BCUT2D eigenvalue weighted by Crippen LogP contribution is 2.17. The molecule has 92 valence electrons. The van der Waals surface area contributed by atoms with E-state index in [0.29, 0.717) is 11.5 Å². The molecule has 1 aromatic carbocycles. The first kappa shape index (κ1) is 11.9. The Kier molecular flexibility index (Phi) is 3.33. The first-order chi connectivity index (χ1) is 8.08. The third-order valence-corrected chi connectivity index (χ3v) is 3.29. The largest absolute Gasteiger partial charge is 0.508 e. The first-order valence-electron chi connectivity index (χ1n) is 5.89. The number of carbonyl (C=O) groups excluding carboxylic acids is 1. The number of rotatable bonds is 2. The van der Waals surface area contributed by atoms with E-state index in [1.807, 2.05) is 0 Å². The van der Waals surface area contributed by atoms with Gasteiger partial charge < -0.3 is 15.7 Å². The highest BCUT2D eigenvalue weighted by atomic mass is 16.3. The standard InChI is InChI=1S/C13H18N2O2/c1-8-5-10(3-4-12(8)16)13(17)15-11-7-14-6-9(11)2/h3-5,9,11,14,16H,6-7H2,1-2H3,(H,15,17). The number of amides is 1. The lowest BCUT2D eigenvalue weighted by Crippen LogP contribution is -2.39. The summed E-state index contributed by atoms with van der Waals surface area (Å²) < 4.78 is 0.